The van der Waals surface area contributed by atoms with Crippen LogP contribution in [0, 0.1) is 11.3 Å². The van der Waals surface area contributed by atoms with Crippen molar-refractivity contribution in [2.45, 2.75) is 0 Å². The SMILES string of the molecule is CS(=O)(=O)O.N#Cc1sccc1-c1cccc(C(=O)N=C(N)N)c1. The van der Waals surface area contributed by atoms with E-state index in [1.165, 1.54) is 11.3 Å². The molecule has 0 aliphatic heterocycles. The van der Waals surface area contributed by atoms with Crippen molar-refractivity contribution in [3.8, 4) is 17.2 Å². The van der Waals surface area contributed by atoms with Crippen LogP contribution in [0.15, 0.2) is 40.7 Å². The van der Waals surface area contributed by atoms with Gasteiger partial charge in [0.2, 0.25) is 0 Å². The number of nitriles is 1. The first-order chi connectivity index (χ1) is 11.1. The minimum atomic E-state index is -3.67. The summed E-state index contributed by atoms with van der Waals surface area (Å²) in [7, 11) is -3.67. The number of carbonyl (C=O) groups excluding carboxylic acids is 1. The molecular weight excluding hydrogens is 352 g/mol. The Morgan fingerprint density at radius 2 is 1.96 bits per heavy atom. The Labute approximate surface area is 142 Å². The van der Waals surface area contributed by atoms with Gasteiger partial charge in [-0.25, -0.2) is 0 Å². The lowest BCUT2D eigenvalue weighted by Gasteiger charge is -2.02. The van der Waals surface area contributed by atoms with Gasteiger partial charge in [-0.3, -0.25) is 9.35 Å². The van der Waals surface area contributed by atoms with Crippen LogP contribution < -0.4 is 11.5 Å². The Kier molecular flexibility index (Phi) is 6.60. The van der Waals surface area contributed by atoms with Crippen LogP contribution in [0.1, 0.15) is 15.2 Å². The van der Waals surface area contributed by atoms with Crippen molar-refractivity contribution >= 4 is 33.3 Å². The maximum Gasteiger partial charge on any atom is 0.280 e. The number of guanidine groups is 1. The van der Waals surface area contributed by atoms with E-state index >= 15 is 0 Å². The lowest BCUT2D eigenvalue weighted by atomic mass is 10.0. The molecule has 5 N–H and O–H groups in total. The van der Waals surface area contributed by atoms with E-state index in [-0.39, 0.29) is 5.96 Å². The summed E-state index contributed by atoms with van der Waals surface area (Å²) < 4.78 is 25.9. The van der Waals surface area contributed by atoms with Crippen molar-refractivity contribution in [1.29, 1.82) is 5.26 Å². The molecule has 1 aromatic carbocycles. The van der Waals surface area contributed by atoms with Gasteiger partial charge in [0.05, 0.1) is 6.26 Å². The minimum Gasteiger partial charge on any atom is -0.370 e. The number of rotatable bonds is 2. The molecule has 0 radical (unpaired) electrons. The van der Waals surface area contributed by atoms with E-state index in [9.17, 15) is 13.2 Å². The van der Waals surface area contributed by atoms with E-state index in [0.29, 0.717) is 16.7 Å². The molecule has 0 unspecified atom stereocenters. The molecule has 0 saturated carbocycles. The third-order valence-corrected chi connectivity index (χ3v) is 3.24. The zero-order valence-corrected chi connectivity index (χ0v) is 14.1. The van der Waals surface area contributed by atoms with Crippen LogP contribution in [-0.4, -0.2) is 31.1 Å². The summed E-state index contributed by atoms with van der Waals surface area (Å²) in [6.07, 6.45) is 0.715. The summed E-state index contributed by atoms with van der Waals surface area (Å²) in [6.45, 7) is 0. The Balaban J connectivity index is 0.000000505. The Morgan fingerprint density at radius 3 is 2.50 bits per heavy atom. The van der Waals surface area contributed by atoms with E-state index < -0.39 is 16.0 Å². The van der Waals surface area contributed by atoms with E-state index in [2.05, 4.69) is 11.1 Å². The first kappa shape index (κ1) is 19.3. The highest BCUT2D eigenvalue weighted by atomic mass is 32.2. The van der Waals surface area contributed by atoms with E-state index in [1.54, 1.807) is 18.2 Å². The second-order valence-corrected chi connectivity index (χ2v) is 6.81. The summed E-state index contributed by atoms with van der Waals surface area (Å²) in [4.78, 5) is 15.8. The fraction of sp³-hybridized carbons (Fsp3) is 0.0714. The molecular formula is C14H14N4O4S2. The number of aliphatic imine (C=N–C) groups is 1. The topological polar surface area (TPSA) is 160 Å². The molecule has 126 valence electrons. The molecule has 0 aliphatic rings. The van der Waals surface area contributed by atoms with E-state index in [0.717, 1.165) is 11.1 Å². The van der Waals surface area contributed by atoms with Gasteiger partial charge in [-0.05, 0) is 29.1 Å². The van der Waals surface area contributed by atoms with Crippen molar-refractivity contribution in [3.63, 3.8) is 0 Å². The Morgan fingerprint density at radius 1 is 1.33 bits per heavy atom. The highest BCUT2D eigenvalue weighted by Crippen LogP contribution is 2.28. The third-order valence-electron chi connectivity index (χ3n) is 2.42. The van der Waals surface area contributed by atoms with Gasteiger partial charge >= 0.3 is 0 Å². The highest BCUT2D eigenvalue weighted by molar-refractivity contribution is 7.85. The van der Waals surface area contributed by atoms with Crippen LogP contribution in [0.25, 0.3) is 11.1 Å². The van der Waals surface area contributed by atoms with Crippen molar-refractivity contribution in [1.82, 2.24) is 0 Å². The van der Waals surface area contributed by atoms with Crippen LogP contribution in [0.2, 0.25) is 0 Å². The number of benzene rings is 1. The largest absolute Gasteiger partial charge is 0.370 e. The second-order valence-electron chi connectivity index (χ2n) is 4.43. The van der Waals surface area contributed by atoms with E-state index in [4.69, 9.17) is 21.3 Å². The molecule has 0 aliphatic carbocycles. The summed E-state index contributed by atoms with van der Waals surface area (Å²) in [5.74, 6) is -0.778. The number of thiophene rings is 1. The van der Waals surface area contributed by atoms with Crippen molar-refractivity contribution in [3.05, 3.63) is 46.2 Å². The zero-order chi connectivity index (χ0) is 18.3. The first-order valence-electron chi connectivity index (χ1n) is 6.26. The number of nitrogens with two attached hydrogens (primary N) is 2. The fourth-order valence-corrected chi connectivity index (χ4v) is 2.33. The summed E-state index contributed by atoms with van der Waals surface area (Å²) in [5, 5.41) is 10.8. The van der Waals surface area contributed by atoms with Gasteiger partial charge in [0.25, 0.3) is 16.0 Å². The Hall–Kier alpha value is -2.74. The monoisotopic (exact) mass is 366 g/mol. The standard InChI is InChI=1S/C13H10N4OS.CH4O3S/c14-7-11-10(4-5-19-11)8-2-1-3-9(6-8)12(18)17-13(15)16;1-5(2,3)4/h1-6H,(H4,15,16,17,18);1H3,(H,2,3,4). The molecule has 10 heteroatoms. The summed E-state index contributed by atoms with van der Waals surface area (Å²) in [5.41, 5.74) is 12.3. The van der Waals surface area contributed by atoms with Crippen molar-refractivity contribution in [2.24, 2.45) is 16.5 Å². The molecule has 1 heterocycles. The smallest absolute Gasteiger partial charge is 0.280 e. The van der Waals surface area contributed by atoms with Crippen LogP contribution in [0.4, 0.5) is 0 Å². The number of amides is 1. The van der Waals surface area contributed by atoms with Crippen LogP contribution in [0.3, 0.4) is 0 Å². The van der Waals surface area contributed by atoms with Gasteiger partial charge in [-0.15, -0.1) is 11.3 Å². The molecule has 0 fully saturated rings. The maximum absolute atomic E-state index is 11.7. The van der Waals surface area contributed by atoms with Crippen molar-refractivity contribution in [2.75, 3.05) is 6.26 Å². The molecule has 0 bridgehead atoms. The molecule has 2 rings (SSSR count). The van der Waals surface area contributed by atoms with Crippen molar-refractivity contribution < 1.29 is 17.8 Å². The molecule has 0 spiro atoms. The van der Waals surface area contributed by atoms with Crippen LogP contribution in [-0.2, 0) is 10.1 Å². The highest BCUT2D eigenvalue weighted by Gasteiger charge is 2.10. The number of hydrogen-bond donors (Lipinski definition) is 3. The molecule has 1 aromatic heterocycles. The predicted octanol–water partition coefficient (Wildman–Crippen LogP) is 1.20. The molecule has 2 aromatic rings. The predicted molar refractivity (Wildman–Crippen MR) is 92.1 cm³/mol. The molecule has 0 saturated heterocycles. The van der Waals surface area contributed by atoms with Crippen LogP contribution in [0.5, 0.6) is 0 Å². The molecule has 0 atom stereocenters. The average Bonchev–Trinajstić information content (AvgIpc) is 2.93. The maximum atomic E-state index is 11.7. The fourth-order valence-electron chi connectivity index (χ4n) is 1.62. The molecule has 8 nitrogen and oxygen atoms in total. The van der Waals surface area contributed by atoms with Gasteiger partial charge in [0, 0.05) is 11.1 Å². The van der Waals surface area contributed by atoms with Crippen LogP contribution >= 0.6 is 11.3 Å². The van der Waals surface area contributed by atoms with Gasteiger partial charge < -0.3 is 11.5 Å². The lowest BCUT2D eigenvalue weighted by molar-refractivity contribution is 0.100. The number of nitrogens with zero attached hydrogens (tertiary/aromatic N) is 2. The van der Waals surface area contributed by atoms with Gasteiger partial charge in [-0.2, -0.15) is 18.7 Å². The summed E-state index contributed by atoms with van der Waals surface area (Å²) >= 11 is 1.36. The first-order valence-corrected chi connectivity index (χ1v) is 8.99. The molecule has 24 heavy (non-hydrogen) atoms. The minimum absolute atomic E-state index is 0.274. The van der Waals surface area contributed by atoms with Gasteiger partial charge in [0.1, 0.15) is 10.9 Å². The third kappa shape index (κ3) is 6.57. The Bertz CT molecular complexity index is 899. The number of carbonyl (C=O) groups is 1. The van der Waals surface area contributed by atoms with Gasteiger partial charge in [-0.1, -0.05) is 12.1 Å². The number of hydrogen-bond acceptors (Lipinski definition) is 5. The quantitative estimate of drug-likeness (QED) is 0.409. The second kappa shape index (κ2) is 8.21. The normalized spacial score (nSPS) is 10.0. The zero-order valence-electron chi connectivity index (χ0n) is 12.5. The average molecular weight is 366 g/mol. The molecule has 1 amide bonds. The van der Waals surface area contributed by atoms with E-state index in [1.807, 2.05) is 17.5 Å². The lowest BCUT2D eigenvalue weighted by Crippen LogP contribution is -2.24. The summed E-state index contributed by atoms with van der Waals surface area (Å²) in [6, 6.07) is 10.8. The van der Waals surface area contributed by atoms with Gasteiger partial charge in [0.15, 0.2) is 5.96 Å².